The van der Waals surface area contributed by atoms with Gasteiger partial charge in [-0.2, -0.15) is 0 Å². The Hall–Kier alpha value is -2.19. The highest BCUT2D eigenvalue weighted by molar-refractivity contribution is 5.79. The molecule has 1 aromatic carbocycles. The summed E-state index contributed by atoms with van der Waals surface area (Å²) < 4.78 is 26.4. The van der Waals surface area contributed by atoms with E-state index in [1.807, 2.05) is 12.1 Å². The summed E-state index contributed by atoms with van der Waals surface area (Å²) in [6.45, 7) is 3.25. The molecule has 148 valence electrons. The predicted molar refractivity (Wildman–Crippen MR) is 102 cm³/mol. The second-order valence-corrected chi connectivity index (χ2v) is 5.34. The molecule has 0 atom stereocenters. The van der Waals surface area contributed by atoms with E-state index in [9.17, 15) is 0 Å². The fourth-order valence-electron chi connectivity index (χ4n) is 2.27. The third-order valence-corrected chi connectivity index (χ3v) is 3.60. The van der Waals surface area contributed by atoms with Crippen molar-refractivity contribution in [3.63, 3.8) is 0 Å². The number of ether oxygens (including phenoxy) is 5. The van der Waals surface area contributed by atoms with Crippen molar-refractivity contribution in [3.8, 4) is 17.2 Å². The maximum atomic E-state index is 5.43. The Balaban J connectivity index is 2.48. The molecule has 0 fully saturated rings. The van der Waals surface area contributed by atoms with Crippen LogP contribution in [0, 0.1) is 0 Å². The van der Waals surface area contributed by atoms with Crippen LogP contribution in [0.2, 0.25) is 0 Å². The summed E-state index contributed by atoms with van der Waals surface area (Å²) in [6.07, 6.45) is 0.884. The molecule has 1 aromatic rings. The number of nitrogens with one attached hydrogen (secondary N) is 2. The molecule has 0 unspecified atom stereocenters. The summed E-state index contributed by atoms with van der Waals surface area (Å²) in [4.78, 5) is 4.22. The molecule has 0 spiro atoms. The molecule has 0 aliphatic carbocycles. The van der Waals surface area contributed by atoms with E-state index in [4.69, 9.17) is 23.7 Å². The number of hydrogen-bond donors (Lipinski definition) is 2. The van der Waals surface area contributed by atoms with Crippen LogP contribution in [0.25, 0.3) is 0 Å². The summed E-state index contributed by atoms with van der Waals surface area (Å²) in [5.41, 5.74) is 0.991. The summed E-state index contributed by atoms with van der Waals surface area (Å²) in [5.74, 6) is 2.55. The number of aliphatic imine (C=N–C) groups is 1. The van der Waals surface area contributed by atoms with Crippen LogP contribution in [0.1, 0.15) is 12.0 Å². The largest absolute Gasteiger partial charge is 0.493 e. The van der Waals surface area contributed by atoms with Gasteiger partial charge in [-0.3, -0.25) is 4.99 Å². The Morgan fingerprint density at radius 1 is 0.923 bits per heavy atom. The number of hydrogen-bond acceptors (Lipinski definition) is 6. The van der Waals surface area contributed by atoms with Gasteiger partial charge in [0.1, 0.15) is 0 Å². The van der Waals surface area contributed by atoms with E-state index < -0.39 is 0 Å². The molecule has 0 saturated carbocycles. The van der Waals surface area contributed by atoms with E-state index in [-0.39, 0.29) is 0 Å². The topological polar surface area (TPSA) is 82.6 Å². The van der Waals surface area contributed by atoms with E-state index in [1.165, 1.54) is 0 Å². The van der Waals surface area contributed by atoms with Crippen LogP contribution in [0.3, 0.4) is 0 Å². The second-order valence-electron chi connectivity index (χ2n) is 5.34. The molecule has 0 heterocycles. The monoisotopic (exact) mass is 369 g/mol. The minimum absolute atomic E-state index is 0.570. The quantitative estimate of drug-likeness (QED) is 0.328. The molecule has 0 aliphatic heterocycles. The minimum atomic E-state index is 0.570. The second kappa shape index (κ2) is 13.1. The highest BCUT2D eigenvalue weighted by Crippen LogP contribution is 2.38. The van der Waals surface area contributed by atoms with Crippen molar-refractivity contribution in [2.45, 2.75) is 13.0 Å². The molecule has 26 heavy (non-hydrogen) atoms. The molecule has 0 aromatic heterocycles. The van der Waals surface area contributed by atoms with Gasteiger partial charge < -0.3 is 34.3 Å². The summed E-state index contributed by atoms with van der Waals surface area (Å²) >= 11 is 0. The SMILES string of the molecule is CN=C(NCCCOCCOC)NCc1cc(OC)c(OC)c(OC)c1. The summed E-state index contributed by atoms with van der Waals surface area (Å²) in [7, 11) is 8.19. The third-order valence-electron chi connectivity index (χ3n) is 3.60. The molecular formula is C18H31N3O5. The Labute approximate surface area is 155 Å². The number of guanidine groups is 1. The number of nitrogens with zero attached hydrogens (tertiary/aromatic N) is 1. The number of rotatable bonds is 12. The van der Waals surface area contributed by atoms with Crippen LogP contribution in [-0.4, -0.2) is 67.8 Å². The van der Waals surface area contributed by atoms with Crippen molar-refractivity contribution < 1.29 is 23.7 Å². The molecule has 0 amide bonds. The fraction of sp³-hybridized carbons (Fsp3) is 0.611. The predicted octanol–water partition coefficient (Wildman–Crippen LogP) is 1.43. The molecule has 8 nitrogen and oxygen atoms in total. The lowest BCUT2D eigenvalue weighted by molar-refractivity contribution is 0.0698. The molecule has 2 N–H and O–H groups in total. The van der Waals surface area contributed by atoms with Gasteiger partial charge in [0.25, 0.3) is 0 Å². The summed E-state index contributed by atoms with van der Waals surface area (Å²) in [6, 6.07) is 3.82. The van der Waals surface area contributed by atoms with E-state index >= 15 is 0 Å². The lowest BCUT2D eigenvalue weighted by Crippen LogP contribution is -2.37. The van der Waals surface area contributed by atoms with Crippen molar-refractivity contribution >= 4 is 5.96 Å². The van der Waals surface area contributed by atoms with E-state index in [0.29, 0.717) is 43.6 Å². The average molecular weight is 369 g/mol. The Morgan fingerprint density at radius 2 is 1.62 bits per heavy atom. The smallest absolute Gasteiger partial charge is 0.203 e. The number of benzene rings is 1. The van der Waals surface area contributed by atoms with Gasteiger partial charge in [-0.25, -0.2) is 0 Å². The zero-order chi connectivity index (χ0) is 19.2. The first kappa shape index (κ1) is 21.9. The van der Waals surface area contributed by atoms with Crippen LogP contribution in [0.5, 0.6) is 17.2 Å². The van der Waals surface area contributed by atoms with Gasteiger partial charge in [0, 0.05) is 33.9 Å². The van der Waals surface area contributed by atoms with Gasteiger partial charge >= 0.3 is 0 Å². The molecule has 8 heteroatoms. The van der Waals surface area contributed by atoms with Gasteiger partial charge in [0.2, 0.25) is 5.75 Å². The van der Waals surface area contributed by atoms with Crippen molar-refractivity contribution in [2.75, 3.05) is 61.9 Å². The number of methoxy groups -OCH3 is 4. The highest BCUT2D eigenvalue weighted by Gasteiger charge is 2.13. The Morgan fingerprint density at radius 3 is 2.15 bits per heavy atom. The van der Waals surface area contributed by atoms with Crippen LogP contribution in [0.15, 0.2) is 17.1 Å². The van der Waals surface area contributed by atoms with Crippen LogP contribution >= 0.6 is 0 Å². The Kier molecular flexibility index (Phi) is 11.0. The molecule has 0 bridgehead atoms. The molecule has 0 radical (unpaired) electrons. The van der Waals surface area contributed by atoms with E-state index in [1.54, 1.807) is 35.5 Å². The first-order valence-corrected chi connectivity index (χ1v) is 8.50. The lowest BCUT2D eigenvalue weighted by atomic mass is 10.2. The zero-order valence-electron chi connectivity index (χ0n) is 16.4. The van der Waals surface area contributed by atoms with Crippen LogP contribution in [-0.2, 0) is 16.0 Å². The van der Waals surface area contributed by atoms with Crippen molar-refractivity contribution in [1.82, 2.24) is 10.6 Å². The van der Waals surface area contributed by atoms with Gasteiger partial charge in [-0.15, -0.1) is 0 Å². The van der Waals surface area contributed by atoms with E-state index in [0.717, 1.165) is 24.5 Å². The van der Waals surface area contributed by atoms with Crippen molar-refractivity contribution in [2.24, 2.45) is 4.99 Å². The minimum Gasteiger partial charge on any atom is -0.493 e. The van der Waals surface area contributed by atoms with Crippen molar-refractivity contribution in [3.05, 3.63) is 17.7 Å². The molecule has 0 saturated heterocycles. The van der Waals surface area contributed by atoms with Crippen LogP contribution < -0.4 is 24.8 Å². The zero-order valence-corrected chi connectivity index (χ0v) is 16.4. The molecular weight excluding hydrogens is 338 g/mol. The van der Waals surface area contributed by atoms with Crippen LogP contribution in [0.4, 0.5) is 0 Å². The highest BCUT2D eigenvalue weighted by atomic mass is 16.5. The molecule has 0 aliphatic rings. The van der Waals surface area contributed by atoms with Gasteiger partial charge in [-0.05, 0) is 24.1 Å². The first-order chi connectivity index (χ1) is 12.7. The standard InChI is InChI=1S/C18H31N3O5/c1-19-18(20-7-6-8-26-10-9-22-2)21-13-14-11-15(23-3)17(25-5)16(12-14)24-4/h11-12H,6-10,13H2,1-5H3,(H2,19,20,21). The first-order valence-electron chi connectivity index (χ1n) is 8.50. The normalized spacial score (nSPS) is 11.2. The molecule has 1 rings (SSSR count). The Bertz CT molecular complexity index is 527. The van der Waals surface area contributed by atoms with Gasteiger partial charge in [0.05, 0.1) is 34.5 Å². The van der Waals surface area contributed by atoms with Crippen molar-refractivity contribution in [1.29, 1.82) is 0 Å². The average Bonchev–Trinajstić information content (AvgIpc) is 2.68. The third kappa shape index (κ3) is 7.37. The summed E-state index contributed by atoms with van der Waals surface area (Å²) in [5, 5.41) is 6.51. The fourth-order valence-corrected chi connectivity index (χ4v) is 2.27. The van der Waals surface area contributed by atoms with E-state index in [2.05, 4.69) is 15.6 Å². The maximum absolute atomic E-state index is 5.43. The van der Waals surface area contributed by atoms with Gasteiger partial charge in [-0.1, -0.05) is 0 Å². The van der Waals surface area contributed by atoms with Gasteiger partial charge in [0.15, 0.2) is 17.5 Å². The lowest BCUT2D eigenvalue weighted by Gasteiger charge is -2.16. The maximum Gasteiger partial charge on any atom is 0.203 e.